The van der Waals surface area contributed by atoms with Crippen molar-refractivity contribution in [3.05, 3.63) is 11.9 Å². The van der Waals surface area contributed by atoms with Gasteiger partial charge in [0.25, 0.3) is 0 Å². The maximum Gasteiger partial charge on any atom is 0.0839 e. The molecule has 1 rings (SSSR count). The second-order valence-corrected chi connectivity index (χ2v) is 2.78. The van der Waals surface area contributed by atoms with E-state index in [0.29, 0.717) is 12.5 Å². The molecule has 0 saturated carbocycles. The van der Waals surface area contributed by atoms with Crippen molar-refractivity contribution < 1.29 is 4.74 Å². The highest BCUT2D eigenvalue weighted by atomic mass is 35.5. The summed E-state index contributed by atoms with van der Waals surface area (Å²) in [6.45, 7) is 1.40. The molecule has 0 aliphatic heterocycles. The quantitative estimate of drug-likeness (QED) is 0.641. The minimum absolute atomic E-state index is 0.586. The summed E-state index contributed by atoms with van der Waals surface area (Å²) in [6.07, 6.45) is 2.66. The lowest BCUT2D eigenvalue weighted by atomic mass is 10.4. The van der Waals surface area contributed by atoms with Crippen LogP contribution in [0.4, 0.5) is 0 Å². The summed E-state index contributed by atoms with van der Waals surface area (Å²) in [5.74, 6) is 0.586. The lowest BCUT2D eigenvalue weighted by Crippen LogP contribution is -2.04. The van der Waals surface area contributed by atoms with Crippen LogP contribution in [0.25, 0.3) is 0 Å². The Morgan fingerprint density at radius 2 is 2.50 bits per heavy atom. The van der Waals surface area contributed by atoms with Gasteiger partial charge >= 0.3 is 0 Å². The molecular weight excluding hydrogens is 178 g/mol. The van der Waals surface area contributed by atoms with Gasteiger partial charge in [-0.1, -0.05) is 5.21 Å². The molecule has 1 aromatic heterocycles. The number of ether oxygens (including phenoxy) is 1. The Bertz CT molecular complexity index is 226. The summed E-state index contributed by atoms with van der Waals surface area (Å²) in [7, 11) is 1.66. The van der Waals surface area contributed by atoms with Gasteiger partial charge in [-0.05, 0) is 0 Å². The fourth-order valence-electron chi connectivity index (χ4n) is 0.844. The summed E-state index contributed by atoms with van der Waals surface area (Å²) in [5.41, 5.74) is 0.932. The van der Waals surface area contributed by atoms with Gasteiger partial charge in [0.15, 0.2) is 0 Å². The monoisotopic (exact) mass is 189 g/mol. The highest BCUT2D eigenvalue weighted by Gasteiger charge is 1.98. The molecule has 0 N–H and O–H groups in total. The van der Waals surface area contributed by atoms with E-state index in [4.69, 9.17) is 16.3 Å². The second kappa shape index (κ2) is 5.11. The van der Waals surface area contributed by atoms with Gasteiger partial charge in [-0.15, -0.1) is 16.7 Å². The summed E-state index contributed by atoms with van der Waals surface area (Å²) in [5, 5.41) is 7.83. The van der Waals surface area contributed by atoms with Crippen LogP contribution < -0.4 is 0 Å². The van der Waals surface area contributed by atoms with Gasteiger partial charge in [0, 0.05) is 25.6 Å². The SMILES string of the molecule is COCCn1cc(CCCl)nn1. The van der Waals surface area contributed by atoms with E-state index in [1.54, 1.807) is 11.8 Å². The molecule has 0 aromatic carbocycles. The molecule has 1 aromatic rings. The van der Waals surface area contributed by atoms with Crippen LogP contribution in [0.2, 0.25) is 0 Å². The zero-order chi connectivity index (χ0) is 8.81. The Hall–Kier alpha value is -0.610. The molecule has 0 unspecified atom stereocenters. The molecule has 0 aliphatic rings. The number of nitrogens with zero attached hydrogens (tertiary/aromatic N) is 3. The molecule has 1 heterocycles. The van der Waals surface area contributed by atoms with E-state index >= 15 is 0 Å². The molecule has 0 atom stereocenters. The van der Waals surface area contributed by atoms with Gasteiger partial charge in [0.05, 0.1) is 18.8 Å². The number of hydrogen-bond donors (Lipinski definition) is 0. The summed E-state index contributed by atoms with van der Waals surface area (Å²) < 4.78 is 6.66. The number of methoxy groups -OCH3 is 1. The number of rotatable bonds is 5. The van der Waals surface area contributed by atoms with E-state index < -0.39 is 0 Å². The standard InChI is InChI=1S/C7H12ClN3O/c1-12-5-4-11-6-7(2-3-8)9-10-11/h6H,2-5H2,1H3. The predicted octanol–water partition coefficient (Wildman–Crippen LogP) is 0.706. The van der Waals surface area contributed by atoms with Crippen LogP contribution in [0.15, 0.2) is 6.20 Å². The van der Waals surface area contributed by atoms with E-state index in [0.717, 1.165) is 18.7 Å². The molecule has 5 heteroatoms. The van der Waals surface area contributed by atoms with E-state index in [9.17, 15) is 0 Å². The minimum Gasteiger partial charge on any atom is -0.383 e. The van der Waals surface area contributed by atoms with Crippen molar-refractivity contribution in [2.45, 2.75) is 13.0 Å². The molecule has 4 nitrogen and oxygen atoms in total. The summed E-state index contributed by atoms with van der Waals surface area (Å²) in [6, 6.07) is 0. The van der Waals surface area contributed by atoms with Gasteiger partial charge in [-0.25, -0.2) is 4.68 Å². The second-order valence-electron chi connectivity index (χ2n) is 2.40. The van der Waals surface area contributed by atoms with E-state index in [1.807, 2.05) is 6.20 Å². The first kappa shape index (κ1) is 9.48. The Balaban J connectivity index is 2.41. The lowest BCUT2D eigenvalue weighted by molar-refractivity contribution is 0.183. The average Bonchev–Trinajstić information content (AvgIpc) is 2.50. The van der Waals surface area contributed by atoms with Crippen molar-refractivity contribution >= 4 is 11.6 Å². The Kier molecular flexibility index (Phi) is 4.04. The van der Waals surface area contributed by atoms with Crippen molar-refractivity contribution in [3.8, 4) is 0 Å². The lowest BCUT2D eigenvalue weighted by Gasteiger charge is -1.96. The largest absolute Gasteiger partial charge is 0.383 e. The third-order valence-corrected chi connectivity index (χ3v) is 1.65. The molecule has 68 valence electrons. The molecular formula is C7H12ClN3O. The van der Waals surface area contributed by atoms with Crippen LogP contribution in [0.5, 0.6) is 0 Å². The topological polar surface area (TPSA) is 39.9 Å². The van der Waals surface area contributed by atoms with Gasteiger partial charge in [-0.2, -0.15) is 0 Å². The molecule has 0 radical (unpaired) electrons. The van der Waals surface area contributed by atoms with Crippen LogP contribution in [0.3, 0.4) is 0 Å². The fourth-order valence-corrected chi connectivity index (χ4v) is 1.04. The summed E-state index contributed by atoms with van der Waals surface area (Å²) in [4.78, 5) is 0. The van der Waals surface area contributed by atoms with Gasteiger partial charge in [-0.3, -0.25) is 0 Å². The summed E-state index contributed by atoms with van der Waals surface area (Å²) >= 11 is 5.55. The predicted molar refractivity (Wildman–Crippen MR) is 46.3 cm³/mol. The van der Waals surface area contributed by atoms with Gasteiger partial charge in [0.2, 0.25) is 0 Å². The highest BCUT2D eigenvalue weighted by molar-refractivity contribution is 6.17. The number of alkyl halides is 1. The molecule has 0 saturated heterocycles. The van der Waals surface area contributed by atoms with Crippen LogP contribution in [0.1, 0.15) is 5.69 Å². The maximum absolute atomic E-state index is 5.55. The van der Waals surface area contributed by atoms with E-state index in [-0.39, 0.29) is 0 Å². The molecule has 0 amide bonds. The van der Waals surface area contributed by atoms with Crippen LogP contribution in [-0.2, 0) is 17.7 Å². The number of halogens is 1. The number of aryl methyl sites for hydroxylation is 1. The molecule has 0 bridgehead atoms. The molecule has 0 aliphatic carbocycles. The first-order valence-corrected chi connectivity index (χ1v) is 4.34. The van der Waals surface area contributed by atoms with Crippen molar-refractivity contribution in [1.29, 1.82) is 0 Å². The third kappa shape index (κ3) is 2.79. The highest BCUT2D eigenvalue weighted by Crippen LogP contribution is 1.95. The molecule has 0 spiro atoms. The third-order valence-electron chi connectivity index (χ3n) is 1.46. The van der Waals surface area contributed by atoms with E-state index in [2.05, 4.69) is 10.3 Å². The normalized spacial score (nSPS) is 10.5. The first-order chi connectivity index (χ1) is 5.86. The smallest absolute Gasteiger partial charge is 0.0839 e. The van der Waals surface area contributed by atoms with E-state index in [1.165, 1.54) is 0 Å². The Morgan fingerprint density at radius 3 is 3.17 bits per heavy atom. The van der Waals surface area contributed by atoms with Crippen molar-refractivity contribution in [1.82, 2.24) is 15.0 Å². The average molecular weight is 190 g/mol. The first-order valence-electron chi connectivity index (χ1n) is 3.80. The van der Waals surface area contributed by atoms with Crippen LogP contribution in [0, 0.1) is 0 Å². The van der Waals surface area contributed by atoms with Crippen molar-refractivity contribution in [2.75, 3.05) is 19.6 Å². The Morgan fingerprint density at radius 1 is 1.67 bits per heavy atom. The number of aromatic nitrogens is 3. The van der Waals surface area contributed by atoms with Gasteiger partial charge in [0.1, 0.15) is 0 Å². The zero-order valence-electron chi connectivity index (χ0n) is 7.03. The zero-order valence-corrected chi connectivity index (χ0v) is 7.79. The minimum atomic E-state index is 0.586. The van der Waals surface area contributed by atoms with Gasteiger partial charge < -0.3 is 4.74 Å². The fraction of sp³-hybridized carbons (Fsp3) is 0.714. The number of hydrogen-bond acceptors (Lipinski definition) is 3. The van der Waals surface area contributed by atoms with Crippen LogP contribution >= 0.6 is 11.6 Å². The Labute approximate surface area is 76.5 Å². The maximum atomic E-state index is 5.55. The molecule has 12 heavy (non-hydrogen) atoms. The molecule has 0 fully saturated rings. The van der Waals surface area contributed by atoms with Crippen molar-refractivity contribution in [2.24, 2.45) is 0 Å². The van der Waals surface area contributed by atoms with Crippen molar-refractivity contribution in [3.63, 3.8) is 0 Å². The van der Waals surface area contributed by atoms with Crippen LogP contribution in [-0.4, -0.2) is 34.6 Å².